The van der Waals surface area contributed by atoms with Gasteiger partial charge in [0.25, 0.3) is 0 Å². The molecule has 0 aliphatic rings. The Balaban J connectivity index is 2.57. The summed E-state index contributed by atoms with van der Waals surface area (Å²) in [5.41, 5.74) is 5.60. The lowest BCUT2D eigenvalue weighted by Gasteiger charge is -2.09. The van der Waals surface area contributed by atoms with Crippen LogP contribution in [0.1, 0.15) is 5.56 Å². The van der Waals surface area contributed by atoms with Crippen LogP contribution in [-0.4, -0.2) is 23.5 Å². The molecule has 0 radical (unpaired) electrons. The van der Waals surface area contributed by atoms with E-state index in [-0.39, 0.29) is 0 Å². The van der Waals surface area contributed by atoms with Crippen molar-refractivity contribution >= 4 is 12.4 Å². The van der Waals surface area contributed by atoms with Gasteiger partial charge in [-0.05, 0) is 11.6 Å². The highest BCUT2D eigenvalue weighted by Crippen LogP contribution is 2.02. The van der Waals surface area contributed by atoms with Crippen LogP contribution in [-0.2, 0) is 16.0 Å². The number of aromatic nitrogens is 1. The minimum Gasteiger partial charge on any atom is -0.438 e. The summed E-state index contributed by atoms with van der Waals surface area (Å²) >= 11 is 0. The highest BCUT2D eigenvalue weighted by atomic mass is 16.6. The normalized spacial score (nSPS) is 11.7. The van der Waals surface area contributed by atoms with Crippen molar-refractivity contribution in [2.45, 2.75) is 12.5 Å². The zero-order valence-corrected chi connectivity index (χ0v) is 7.42. The van der Waals surface area contributed by atoms with Gasteiger partial charge >= 0.3 is 6.09 Å². The number of hydrogen-bond donors (Lipinski definition) is 1. The molecule has 14 heavy (non-hydrogen) atoms. The Morgan fingerprint density at radius 1 is 1.71 bits per heavy atom. The lowest BCUT2D eigenvalue weighted by molar-refractivity contribution is -0.114. The van der Waals surface area contributed by atoms with Gasteiger partial charge in [0.05, 0.1) is 0 Å². The predicted octanol–water partition coefficient (Wildman–Crippen LogP) is 0.287. The number of hydrogen-bond acceptors (Lipinski definition) is 4. The van der Waals surface area contributed by atoms with Crippen LogP contribution in [0, 0.1) is 0 Å². The highest BCUT2D eigenvalue weighted by Gasteiger charge is 2.11. The first kappa shape index (κ1) is 10.2. The third-order valence-electron chi connectivity index (χ3n) is 1.58. The van der Waals surface area contributed by atoms with E-state index < -0.39 is 12.2 Å². The van der Waals surface area contributed by atoms with Crippen LogP contribution in [0.2, 0.25) is 0 Å². The van der Waals surface area contributed by atoms with Gasteiger partial charge in [-0.2, -0.15) is 0 Å². The zero-order chi connectivity index (χ0) is 10.4. The topological polar surface area (TPSA) is 82.3 Å². The number of nitrogens with zero attached hydrogens (tertiary/aromatic N) is 1. The second-order valence-electron chi connectivity index (χ2n) is 2.68. The molecule has 2 N–H and O–H groups in total. The summed E-state index contributed by atoms with van der Waals surface area (Å²) in [7, 11) is 0. The predicted molar refractivity (Wildman–Crippen MR) is 48.5 cm³/mol. The number of nitrogens with two attached hydrogens (primary N) is 1. The fourth-order valence-electron chi connectivity index (χ4n) is 1.02. The molecule has 1 amide bonds. The van der Waals surface area contributed by atoms with Crippen LogP contribution in [0.4, 0.5) is 4.79 Å². The fraction of sp³-hybridized carbons (Fsp3) is 0.222. The van der Waals surface area contributed by atoms with Crippen molar-refractivity contribution in [2.24, 2.45) is 5.73 Å². The van der Waals surface area contributed by atoms with Gasteiger partial charge in [-0.15, -0.1) is 0 Å². The largest absolute Gasteiger partial charge is 0.438 e. The molecular formula is C9H10N2O3. The summed E-state index contributed by atoms with van der Waals surface area (Å²) in [6, 6.07) is 3.52. The third-order valence-corrected chi connectivity index (χ3v) is 1.58. The molecule has 74 valence electrons. The summed E-state index contributed by atoms with van der Waals surface area (Å²) in [5, 5.41) is 0. The Bertz CT molecular complexity index is 313. The molecule has 0 spiro atoms. The van der Waals surface area contributed by atoms with E-state index in [0.717, 1.165) is 5.56 Å². The highest BCUT2D eigenvalue weighted by molar-refractivity contribution is 5.69. The number of ether oxygens (including phenoxy) is 1. The van der Waals surface area contributed by atoms with Crippen molar-refractivity contribution in [3.05, 3.63) is 30.1 Å². The number of primary amides is 1. The molecule has 1 aromatic heterocycles. The molecule has 1 heterocycles. The molecule has 0 aliphatic carbocycles. The van der Waals surface area contributed by atoms with E-state index in [1.807, 2.05) is 0 Å². The van der Waals surface area contributed by atoms with Crippen LogP contribution < -0.4 is 5.73 Å². The first-order chi connectivity index (χ1) is 6.72. The van der Waals surface area contributed by atoms with Gasteiger partial charge in [-0.3, -0.25) is 9.78 Å². The van der Waals surface area contributed by atoms with E-state index in [0.29, 0.717) is 12.7 Å². The average Bonchev–Trinajstić information content (AvgIpc) is 2.17. The number of rotatable bonds is 4. The number of carbonyl (C=O) groups excluding carboxylic acids is 2. The van der Waals surface area contributed by atoms with E-state index in [4.69, 9.17) is 5.73 Å². The van der Waals surface area contributed by atoms with Gasteiger partial charge in [-0.25, -0.2) is 4.79 Å². The maximum Gasteiger partial charge on any atom is 0.405 e. The van der Waals surface area contributed by atoms with Crippen molar-refractivity contribution in [2.75, 3.05) is 0 Å². The minimum absolute atomic E-state index is 0.292. The monoisotopic (exact) mass is 194 g/mol. The molecule has 0 saturated heterocycles. The van der Waals surface area contributed by atoms with Crippen LogP contribution >= 0.6 is 0 Å². The van der Waals surface area contributed by atoms with Crippen molar-refractivity contribution in [1.82, 2.24) is 4.98 Å². The molecule has 0 saturated carbocycles. The Morgan fingerprint density at radius 3 is 3.00 bits per heavy atom. The Kier molecular flexibility index (Phi) is 3.60. The Labute approximate surface area is 80.9 Å². The van der Waals surface area contributed by atoms with Gasteiger partial charge in [0.2, 0.25) is 0 Å². The molecule has 1 atom stereocenters. The van der Waals surface area contributed by atoms with Gasteiger partial charge in [-0.1, -0.05) is 6.07 Å². The zero-order valence-electron chi connectivity index (χ0n) is 7.42. The molecule has 5 nitrogen and oxygen atoms in total. The molecule has 0 aromatic carbocycles. The SMILES string of the molecule is NC(=O)OC(C=O)Cc1cccnc1. The molecule has 0 bridgehead atoms. The van der Waals surface area contributed by atoms with Gasteiger partial charge < -0.3 is 10.5 Å². The maximum atomic E-state index is 10.5. The molecule has 1 unspecified atom stereocenters. The number of amides is 1. The molecule has 0 fully saturated rings. The van der Waals surface area contributed by atoms with Crippen LogP contribution in [0.25, 0.3) is 0 Å². The average molecular weight is 194 g/mol. The number of aldehydes is 1. The number of carbonyl (C=O) groups is 2. The van der Waals surface area contributed by atoms with Crippen molar-refractivity contribution in [3.8, 4) is 0 Å². The van der Waals surface area contributed by atoms with Crippen LogP contribution in [0.5, 0.6) is 0 Å². The molecule has 5 heteroatoms. The molecule has 1 aromatic rings. The van der Waals surface area contributed by atoms with E-state index in [1.54, 1.807) is 24.5 Å². The summed E-state index contributed by atoms with van der Waals surface area (Å²) in [6.07, 6.45) is 2.26. The van der Waals surface area contributed by atoms with E-state index in [1.165, 1.54) is 0 Å². The quantitative estimate of drug-likeness (QED) is 0.698. The lowest BCUT2D eigenvalue weighted by Crippen LogP contribution is -2.25. The van der Waals surface area contributed by atoms with Crippen LogP contribution in [0.15, 0.2) is 24.5 Å². The smallest absolute Gasteiger partial charge is 0.405 e. The number of pyridine rings is 1. The van der Waals surface area contributed by atoms with Gasteiger partial charge in [0.15, 0.2) is 12.4 Å². The first-order valence-electron chi connectivity index (χ1n) is 4.02. The molecule has 0 aliphatic heterocycles. The van der Waals surface area contributed by atoms with Crippen LogP contribution in [0.3, 0.4) is 0 Å². The Morgan fingerprint density at radius 2 is 2.50 bits per heavy atom. The summed E-state index contributed by atoms with van der Waals surface area (Å²) < 4.78 is 4.55. The summed E-state index contributed by atoms with van der Waals surface area (Å²) in [4.78, 5) is 24.7. The molecule has 1 rings (SSSR count). The third kappa shape index (κ3) is 3.22. The maximum absolute atomic E-state index is 10.5. The standard InChI is InChI=1S/C9H10N2O3/c10-9(13)14-8(6-12)4-7-2-1-3-11-5-7/h1-3,5-6,8H,4H2,(H2,10,13). The van der Waals surface area contributed by atoms with Crippen molar-refractivity contribution in [1.29, 1.82) is 0 Å². The van der Waals surface area contributed by atoms with Crippen molar-refractivity contribution in [3.63, 3.8) is 0 Å². The van der Waals surface area contributed by atoms with E-state index in [9.17, 15) is 9.59 Å². The Hall–Kier alpha value is -1.91. The summed E-state index contributed by atoms with van der Waals surface area (Å²) in [5.74, 6) is 0. The van der Waals surface area contributed by atoms with Gasteiger partial charge in [0.1, 0.15) is 0 Å². The first-order valence-corrected chi connectivity index (χ1v) is 4.02. The van der Waals surface area contributed by atoms with E-state index >= 15 is 0 Å². The lowest BCUT2D eigenvalue weighted by atomic mass is 10.1. The van der Waals surface area contributed by atoms with Gasteiger partial charge in [0, 0.05) is 18.8 Å². The van der Waals surface area contributed by atoms with Crippen molar-refractivity contribution < 1.29 is 14.3 Å². The molecular weight excluding hydrogens is 184 g/mol. The fourth-order valence-corrected chi connectivity index (χ4v) is 1.02. The summed E-state index contributed by atoms with van der Waals surface area (Å²) in [6.45, 7) is 0. The minimum atomic E-state index is -0.953. The van der Waals surface area contributed by atoms with E-state index in [2.05, 4.69) is 9.72 Å². The second-order valence-corrected chi connectivity index (χ2v) is 2.68. The second kappa shape index (κ2) is 4.96.